The molecule has 1 rings (SSSR count). The lowest BCUT2D eigenvalue weighted by atomic mass is 9.88. The summed E-state index contributed by atoms with van der Waals surface area (Å²) in [6.07, 6.45) is 0. The van der Waals surface area contributed by atoms with Crippen molar-refractivity contribution < 1.29 is 9.59 Å². The fourth-order valence-electron chi connectivity index (χ4n) is 1.36. The molecular weight excluding hydrogens is 240 g/mol. The highest BCUT2D eigenvalue weighted by Gasteiger charge is 2.21. The minimum absolute atomic E-state index is 0.000894. The van der Waals surface area contributed by atoms with Crippen molar-refractivity contribution in [3.63, 3.8) is 0 Å². The Morgan fingerprint density at radius 3 is 2.26 bits per heavy atom. The first-order valence-electron chi connectivity index (χ1n) is 6.43. The number of carbonyl (C=O) groups excluding carboxylic acids is 2. The van der Waals surface area contributed by atoms with Crippen LogP contribution in [0, 0.1) is 5.41 Å². The molecule has 1 aromatic rings. The van der Waals surface area contributed by atoms with Gasteiger partial charge >= 0.3 is 0 Å². The van der Waals surface area contributed by atoms with Gasteiger partial charge in [0, 0.05) is 11.6 Å². The standard InChI is InChI=1S/C15H22N2O2/c1-11(15(2,3)4)17-13(18)10-16-14(19)12-8-6-5-7-9-12/h5-9,11H,10H2,1-4H3,(H,16,19)(H,17,18). The maximum Gasteiger partial charge on any atom is 0.251 e. The predicted octanol–water partition coefficient (Wildman–Crippen LogP) is 1.97. The summed E-state index contributed by atoms with van der Waals surface area (Å²) >= 11 is 0. The Kier molecular flexibility index (Phi) is 5.10. The average molecular weight is 262 g/mol. The molecule has 19 heavy (non-hydrogen) atoms. The number of carbonyl (C=O) groups is 2. The maximum absolute atomic E-state index is 11.7. The maximum atomic E-state index is 11.7. The topological polar surface area (TPSA) is 58.2 Å². The van der Waals surface area contributed by atoms with Gasteiger partial charge in [-0.1, -0.05) is 39.0 Å². The summed E-state index contributed by atoms with van der Waals surface area (Å²) in [7, 11) is 0. The minimum Gasteiger partial charge on any atom is -0.352 e. The van der Waals surface area contributed by atoms with Crippen molar-refractivity contribution in [2.24, 2.45) is 5.41 Å². The molecule has 2 amide bonds. The van der Waals surface area contributed by atoms with Crippen LogP contribution < -0.4 is 10.6 Å². The SMILES string of the molecule is CC(NC(=O)CNC(=O)c1ccccc1)C(C)(C)C. The lowest BCUT2D eigenvalue weighted by molar-refractivity contribution is -0.121. The summed E-state index contributed by atoms with van der Waals surface area (Å²) < 4.78 is 0. The Bertz CT molecular complexity index is 435. The first kappa shape index (κ1) is 15.2. The molecule has 1 aromatic carbocycles. The third-order valence-corrected chi connectivity index (χ3v) is 3.12. The molecule has 0 bridgehead atoms. The van der Waals surface area contributed by atoms with Gasteiger partial charge in [0.1, 0.15) is 0 Å². The van der Waals surface area contributed by atoms with Gasteiger partial charge in [-0.25, -0.2) is 0 Å². The minimum atomic E-state index is -0.237. The van der Waals surface area contributed by atoms with Crippen LogP contribution >= 0.6 is 0 Å². The van der Waals surface area contributed by atoms with Gasteiger partial charge in [-0.15, -0.1) is 0 Å². The van der Waals surface area contributed by atoms with Crippen LogP contribution in [0.3, 0.4) is 0 Å². The van der Waals surface area contributed by atoms with Gasteiger partial charge in [-0.2, -0.15) is 0 Å². The van der Waals surface area contributed by atoms with Crippen LogP contribution in [-0.2, 0) is 4.79 Å². The van der Waals surface area contributed by atoms with E-state index in [1.807, 2.05) is 13.0 Å². The highest BCUT2D eigenvalue weighted by atomic mass is 16.2. The molecule has 0 spiro atoms. The van der Waals surface area contributed by atoms with Crippen molar-refractivity contribution in [3.8, 4) is 0 Å². The molecule has 0 saturated carbocycles. The van der Waals surface area contributed by atoms with Gasteiger partial charge in [-0.05, 0) is 24.5 Å². The highest BCUT2D eigenvalue weighted by molar-refractivity contribution is 5.96. The van der Waals surface area contributed by atoms with Crippen LogP contribution in [0.2, 0.25) is 0 Å². The van der Waals surface area contributed by atoms with E-state index in [1.165, 1.54) is 0 Å². The van der Waals surface area contributed by atoms with Crippen LogP contribution in [0.25, 0.3) is 0 Å². The molecule has 0 heterocycles. The average Bonchev–Trinajstić information content (AvgIpc) is 2.35. The molecule has 0 fully saturated rings. The van der Waals surface area contributed by atoms with E-state index in [9.17, 15) is 9.59 Å². The molecule has 1 atom stereocenters. The van der Waals surface area contributed by atoms with Crippen LogP contribution in [0.4, 0.5) is 0 Å². The molecule has 2 N–H and O–H groups in total. The zero-order valence-corrected chi connectivity index (χ0v) is 12.0. The Morgan fingerprint density at radius 2 is 1.74 bits per heavy atom. The largest absolute Gasteiger partial charge is 0.352 e. The van der Waals surface area contributed by atoms with Crippen LogP contribution in [-0.4, -0.2) is 24.4 Å². The third-order valence-electron chi connectivity index (χ3n) is 3.12. The number of rotatable bonds is 4. The van der Waals surface area contributed by atoms with E-state index in [0.717, 1.165) is 0 Å². The number of nitrogens with one attached hydrogen (secondary N) is 2. The summed E-state index contributed by atoms with van der Waals surface area (Å²) in [5.74, 6) is -0.411. The van der Waals surface area contributed by atoms with E-state index < -0.39 is 0 Å². The van der Waals surface area contributed by atoms with Crippen LogP contribution in [0.5, 0.6) is 0 Å². The van der Waals surface area contributed by atoms with Gasteiger partial charge in [0.2, 0.25) is 5.91 Å². The fourth-order valence-corrected chi connectivity index (χ4v) is 1.36. The Balaban J connectivity index is 2.41. The first-order chi connectivity index (χ1) is 8.80. The van der Waals surface area contributed by atoms with Crippen molar-refractivity contribution in [2.45, 2.75) is 33.7 Å². The summed E-state index contributed by atoms with van der Waals surface area (Å²) in [6, 6.07) is 8.89. The second kappa shape index (κ2) is 6.36. The van der Waals surface area contributed by atoms with E-state index in [-0.39, 0.29) is 29.8 Å². The molecule has 0 aromatic heterocycles. The second-order valence-electron chi connectivity index (χ2n) is 5.70. The van der Waals surface area contributed by atoms with E-state index in [0.29, 0.717) is 5.56 Å². The Morgan fingerprint density at radius 1 is 1.16 bits per heavy atom. The summed E-state index contributed by atoms with van der Waals surface area (Å²) in [4.78, 5) is 23.5. The lowest BCUT2D eigenvalue weighted by Crippen LogP contribution is -2.45. The van der Waals surface area contributed by atoms with E-state index >= 15 is 0 Å². The molecule has 0 aliphatic heterocycles. The molecule has 1 unspecified atom stereocenters. The van der Waals surface area contributed by atoms with Crippen molar-refractivity contribution in [1.29, 1.82) is 0 Å². The molecule has 104 valence electrons. The van der Waals surface area contributed by atoms with Gasteiger partial charge in [0.05, 0.1) is 6.54 Å². The second-order valence-corrected chi connectivity index (χ2v) is 5.70. The monoisotopic (exact) mass is 262 g/mol. The summed E-state index contributed by atoms with van der Waals surface area (Å²) in [5, 5.41) is 5.48. The predicted molar refractivity (Wildman–Crippen MR) is 75.8 cm³/mol. The van der Waals surface area contributed by atoms with E-state index in [4.69, 9.17) is 0 Å². The van der Waals surface area contributed by atoms with Crippen molar-refractivity contribution in [2.75, 3.05) is 6.54 Å². The molecule has 0 aliphatic carbocycles. The van der Waals surface area contributed by atoms with Gasteiger partial charge in [0.25, 0.3) is 5.91 Å². The van der Waals surface area contributed by atoms with E-state index in [2.05, 4.69) is 31.4 Å². The Labute approximate surface area is 114 Å². The quantitative estimate of drug-likeness (QED) is 0.871. The van der Waals surface area contributed by atoms with Crippen molar-refractivity contribution in [1.82, 2.24) is 10.6 Å². The number of hydrogen-bond donors (Lipinski definition) is 2. The molecule has 0 aliphatic rings. The third kappa shape index (κ3) is 5.12. The van der Waals surface area contributed by atoms with Crippen LogP contribution in [0.15, 0.2) is 30.3 Å². The van der Waals surface area contributed by atoms with Gasteiger partial charge < -0.3 is 10.6 Å². The highest BCUT2D eigenvalue weighted by Crippen LogP contribution is 2.18. The van der Waals surface area contributed by atoms with Gasteiger partial charge in [0.15, 0.2) is 0 Å². The first-order valence-corrected chi connectivity index (χ1v) is 6.43. The zero-order valence-electron chi connectivity index (χ0n) is 12.0. The summed E-state index contributed by atoms with van der Waals surface area (Å²) in [6.45, 7) is 8.12. The van der Waals surface area contributed by atoms with Crippen molar-refractivity contribution in [3.05, 3.63) is 35.9 Å². The normalized spacial score (nSPS) is 12.6. The number of benzene rings is 1. The smallest absolute Gasteiger partial charge is 0.251 e. The molecule has 0 saturated heterocycles. The number of hydrogen-bond acceptors (Lipinski definition) is 2. The molecule has 4 nitrogen and oxygen atoms in total. The van der Waals surface area contributed by atoms with Crippen molar-refractivity contribution >= 4 is 11.8 Å². The molecule has 0 radical (unpaired) electrons. The van der Waals surface area contributed by atoms with E-state index in [1.54, 1.807) is 24.3 Å². The number of amides is 2. The lowest BCUT2D eigenvalue weighted by Gasteiger charge is -2.28. The molecular formula is C15H22N2O2. The zero-order chi connectivity index (χ0) is 14.5. The molecule has 4 heteroatoms. The van der Waals surface area contributed by atoms with Gasteiger partial charge in [-0.3, -0.25) is 9.59 Å². The fraction of sp³-hybridized carbons (Fsp3) is 0.467. The van der Waals surface area contributed by atoms with Crippen LogP contribution in [0.1, 0.15) is 38.1 Å². The Hall–Kier alpha value is -1.84. The summed E-state index contributed by atoms with van der Waals surface area (Å²) in [5.41, 5.74) is 0.554.